The molecule has 3 aromatic carbocycles. The van der Waals surface area contributed by atoms with E-state index < -0.39 is 27.5 Å². The summed E-state index contributed by atoms with van der Waals surface area (Å²) < 4.78 is 75.8. The third kappa shape index (κ3) is 7.05. The summed E-state index contributed by atoms with van der Waals surface area (Å²) >= 11 is 0. The second-order valence-electron chi connectivity index (χ2n) is 11.0. The Morgan fingerprint density at radius 3 is 2.61 bits per heavy atom. The third-order valence-electron chi connectivity index (χ3n) is 7.67. The van der Waals surface area contributed by atoms with E-state index in [0.29, 0.717) is 33.7 Å². The summed E-state index contributed by atoms with van der Waals surface area (Å²) in [5.41, 5.74) is 0.869. The zero-order chi connectivity index (χ0) is 32.3. The Balaban J connectivity index is 1.30. The first kappa shape index (κ1) is 31.2. The van der Waals surface area contributed by atoms with Crippen LogP contribution in [0.15, 0.2) is 85.2 Å². The monoisotopic (exact) mass is 648 g/mol. The number of aromatic nitrogens is 3. The van der Waals surface area contributed by atoms with Crippen molar-refractivity contribution >= 4 is 32.4 Å². The molecule has 2 aromatic heterocycles. The molecule has 3 heterocycles. The van der Waals surface area contributed by atoms with Gasteiger partial charge in [-0.05, 0) is 67.8 Å². The Kier molecular flexibility index (Phi) is 8.78. The number of ether oxygens (including phenoxy) is 1. The lowest BCUT2D eigenvalue weighted by Gasteiger charge is -2.23. The van der Waals surface area contributed by atoms with Gasteiger partial charge in [0.05, 0.1) is 28.3 Å². The van der Waals surface area contributed by atoms with E-state index in [9.17, 15) is 21.6 Å². The number of nitrogens with zero attached hydrogens (tertiary/aromatic N) is 3. The van der Waals surface area contributed by atoms with Gasteiger partial charge in [0, 0.05) is 35.8 Å². The molecule has 0 aliphatic carbocycles. The molecule has 0 amide bonds. The summed E-state index contributed by atoms with van der Waals surface area (Å²) in [7, 11) is -4.23. The normalized spacial score (nSPS) is 15.4. The molecule has 1 aliphatic heterocycles. The molecule has 0 spiro atoms. The molecule has 13 heteroatoms. The predicted octanol–water partition coefficient (Wildman–Crippen LogP) is 6.92. The minimum Gasteiger partial charge on any atom is -0.437 e. The van der Waals surface area contributed by atoms with Gasteiger partial charge in [-0.25, -0.2) is 23.4 Å². The molecule has 5 aromatic rings. The van der Waals surface area contributed by atoms with E-state index in [1.807, 2.05) is 13.0 Å². The van der Waals surface area contributed by atoms with Gasteiger partial charge in [0.15, 0.2) is 0 Å². The van der Waals surface area contributed by atoms with Crippen LogP contribution < -0.4 is 20.1 Å². The minimum atomic E-state index is -4.68. The van der Waals surface area contributed by atoms with Gasteiger partial charge in [-0.3, -0.25) is 4.72 Å². The van der Waals surface area contributed by atoms with Crippen LogP contribution in [-0.2, 0) is 22.0 Å². The van der Waals surface area contributed by atoms with E-state index >= 15 is 0 Å². The molecule has 1 fully saturated rings. The van der Waals surface area contributed by atoms with Gasteiger partial charge in [0.25, 0.3) is 0 Å². The average molecular weight is 649 g/mol. The van der Waals surface area contributed by atoms with Crippen LogP contribution in [-0.4, -0.2) is 42.5 Å². The highest BCUT2D eigenvalue weighted by Gasteiger charge is 2.34. The van der Waals surface area contributed by atoms with Crippen LogP contribution in [0.2, 0.25) is 0 Å². The molecule has 6 rings (SSSR count). The summed E-state index contributed by atoms with van der Waals surface area (Å²) in [5.74, 6) is 0.383. The van der Waals surface area contributed by atoms with Crippen molar-refractivity contribution in [2.45, 2.75) is 37.7 Å². The van der Waals surface area contributed by atoms with Crippen molar-refractivity contribution in [1.82, 2.24) is 20.3 Å². The number of hydrogen-bond acceptors (Lipinski definition) is 8. The molecule has 9 nitrogen and oxygen atoms in total. The number of sulfonamides is 1. The van der Waals surface area contributed by atoms with Crippen molar-refractivity contribution in [1.29, 1.82) is 0 Å². The summed E-state index contributed by atoms with van der Waals surface area (Å²) in [4.78, 5) is 13.6. The predicted molar refractivity (Wildman–Crippen MR) is 171 cm³/mol. The number of rotatable bonds is 9. The Morgan fingerprint density at radius 2 is 1.80 bits per heavy atom. The number of anilines is 2. The van der Waals surface area contributed by atoms with Crippen LogP contribution in [0.5, 0.6) is 11.6 Å². The molecule has 1 atom stereocenters. The fraction of sp³-hybridized carbons (Fsp3) is 0.242. The highest BCUT2D eigenvalue weighted by Crippen LogP contribution is 2.39. The number of alkyl halides is 3. The van der Waals surface area contributed by atoms with E-state index in [2.05, 4.69) is 25.3 Å². The highest BCUT2D eigenvalue weighted by atomic mass is 32.2. The minimum absolute atomic E-state index is 0.205. The second-order valence-corrected chi connectivity index (χ2v) is 12.8. The van der Waals surface area contributed by atoms with Crippen molar-refractivity contribution in [3.05, 3.63) is 102 Å². The molecule has 46 heavy (non-hydrogen) atoms. The van der Waals surface area contributed by atoms with E-state index in [4.69, 9.17) is 9.72 Å². The van der Waals surface area contributed by atoms with Crippen LogP contribution in [0.1, 0.15) is 29.5 Å². The van der Waals surface area contributed by atoms with Crippen LogP contribution in [0, 0.1) is 6.92 Å². The lowest BCUT2D eigenvalue weighted by atomic mass is 10.0. The molecule has 0 unspecified atom stereocenters. The van der Waals surface area contributed by atoms with Crippen molar-refractivity contribution in [2.75, 3.05) is 23.1 Å². The number of piperidine rings is 1. The molecule has 0 bridgehead atoms. The number of fused-ring (bicyclic) bond motifs is 1. The smallest absolute Gasteiger partial charge is 0.416 e. The van der Waals surface area contributed by atoms with Crippen molar-refractivity contribution in [3.8, 4) is 22.9 Å². The van der Waals surface area contributed by atoms with E-state index in [1.54, 1.807) is 54.9 Å². The van der Waals surface area contributed by atoms with Gasteiger partial charge in [-0.2, -0.15) is 13.2 Å². The van der Waals surface area contributed by atoms with Gasteiger partial charge in [-0.1, -0.05) is 42.5 Å². The van der Waals surface area contributed by atoms with Crippen LogP contribution in [0.3, 0.4) is 0 Å². The lowest BCUT2D eigenvalue weighted by Crippen LogP contribution is -2.38. The van der Waals surface area contributed by atoms with Crippen molar-refractivity contribution < 1.29 is 26.3 Å². The summed E-state index contributed by atoms with van der Waals surface area (Å²) in [6.45, 7) is 3.67. The number of aryl methyl sites for hydroxylation is 1. The second kappa shape index (κ2) is 12.9. The molecule has 3 N–H and O–H groups in total. The summed E-state index contributed by atoms with van der Waals surface area (Å²) in [6.07, 6.45) is 0.674. The van der Waals surface area contributed by atoms with Gasteiger partial charge in [0.1, 0.15) is 5.75 Å². The molecular weight excluding hydrogens is 617 g/mol. The van der Waals surface area contributed by atoms with Crippen molar-refractivity contribution in [2.24, 2.45) is 0 Å². The molecule has 238 valence electrons. The van der Waals surface area contributed by atoms with Crippen molar-refractivity contribution in [3.63, 3.8) is 0 Å². The number of benzene rings is 3. The number of halogens is 3. The Morgan fingerprint density at radius 1 is 0.957 bits per heavy atom. The van der Waals surface area contributed by atoms with Gasteiger partial charge < -0.3 is 15.4 Å². The number of nitrogens with one attached hydrogen (secondary N) is 3. The average Bonchev–Trinajstić information content (AvgIpc) is 3.03. The summed E-state index contributed by atoms with van der Waals surface area (Å²) in [5, 5.41) is 7.84. The van der Waals surface area contributed by atoms with Gasteiger partial charge in [-0.15, -0.1) is 0 Å². The maximum atomic E-state index is 13.5. The maximum Gasteiger partial charge on any atom is 0.416 e. The standard InChI is InChI=1S/C33H31F3N6O3S/c1-21-13-14-24-25(9-4-12-29(24)42-46(43,44)20-22-7-2-3-11-27(22)33(34,35)36)30(21)45-31-26(10-6-17-38-31)28-15-18-39-32(41-28)40-23-8-5-16-37-19-23/h2-4,6-7,9-15,17-18,23,37,42H,5,8,16,19-20H2,1H3,(H,39,40,41)/t23-/m0/s1. The van der Waals surface area contributed by atoms with E-state index in [-0.39, 0.29) is 23.2 Å². The molecular formula is C33H31F3N6O3S. The summed E-state index contributed by atoms with van der Waals surface area (Å²) in [6, 6.07) is 18.8. The Bertz CT molecular complexity index is 1980. The van der Waals surface area contributed by atoms with Gasteiger partial charge >= 0.3 is 6.18 Å². The first-order valence-corrected chi connectivity index (χ1v) is 16.3. The molecule has 1 aliphatic rings. The Hall–Kier alpha value is -4.75. The zero-order valence-electron chi connectivity index (χ0n) is 24.8. The topological polar surface area (TPSA) is 118 Å². The quantitative estimate of drug-likeness (QED) is 0.158. The first-order chi connectivity index (χ1) is 22.1. The molecule has 0 radical (unpaired) electrons. The number of hydrogen-bond donors (Lipinski definition) is 3. The van der Waals surface area contributed by atoms with E-state index in [1.165, 1.54) is 12.1 Å². The van der Waals surface area contributed by atoms with Crippen LogP contribution >= 0.6 is 0 Å². The first-order valence-electron chi connectivity index (χ1n) is 14.7. The fourth-order valence-corrected chi connectivity index (χ4v) is 6.74. The van der Waals surface area contributed by atoms with Crippen LogP contribution in [0.4, 0.5) is 24.8 Å². The maximum absolute atomic E-state index is 13.5. The van der Waals surface area contributed by atoms with Gasteiger partial charge in [0.2, 0.25) is 21.9 Å². The molecule has 0 saturated carbocycles. The lowest BCUT2D eigenvalue weighted by molar-refractivity contribution is -0.138. The zero-order valence-corrected chi connectivity index (χ0v) is 25.6. The molecule has 1 saturated heterocycles. The third-order valence-corrected chi connectivity index (χ3v) is 8.90. The SMILES string of the molecule is Cc1ccc2c(NS(=O)(=O)Cc3ccccc3C(F)(F)F)cccc2c1Oc1ncccc1-c1ccnc(N[C@H]2CCCNC2)n1. The number of pyridine rings is 1. The largest absolute Gasteiger partial charge is 0.437 e. The van der Waals surface area contributed by atoms with E-state index in [0.717, 1.165) is 43.6 Å². The Labute approximate surface area is 264 Å². The fourth-order valence-electron chi connectivity index (χ4n) is 5.49. The highest BCUT2D eigenvalue weighted by molar-refractivity contribution is 7.91. The van der Waals surface area contributed by atoms with Crippen LogP contribution in [0.25, 0.3) is 22.0 Å².